The highest BCUT2D eigenvalue weighted by molar-refractivity contribution is 6.12. The molecule has 1 amide bonds. The first-order chi connectivity index (χ1) is 21.5. The van der Waals surface area contributed by atoms with Crippen LogP contribution in [0.1, 0.15) is 168 Å². The average Bonchev–Trinajstić information content (AvgIpc) is 2.97. The van der Waals surface area contributed by atoms with Crippen molar-refractivity contribution in [3.8, 4) is 0 Å². The highest BCUT2D eigenvalue weighted by Gasteiger charge is 2.39. The molecular weight excluding hydrogens is 588 g/mol. The van der Waals surface area contributed by atoms with E-state index in [0.717, 1.165) is 25.7 Å². The lowest BCUT2D eigenvalue weighted by molar-refractivity contribution is -0.873. The van der Waals surface area contributed by atoms with Crippen molar-refractivity contribution in [3.05, 3.63) is 0 Å². The van der Waals surface area contributed by atoms with Gasteiger partial charge in [-0.1, -0.05) is 142 Å². The van der Waals surface area contributed by atoms with Crippen LogP contribution in [0.2, 0.25) is 0 Å². The van der Waals surface area contributed by atoms with Gasteiger partial charge in [-0.2, -0.15) is 4.00 Å². The quantitative estimate of drug-likeness (QED) is 0.0310. The molecule has 45 heavy (non-hydrogen) atoms. The molecule has 0 radical (unpaired) electrons. The zero-order valence-corrected chi connectivity index (χ0v) is 31.3. The van der Waals surface area contributed by atoms with Gasteiger partial charge in [-0.3, -0.25) is 0 Å². The molecule has 0 aliphatic carbocycles. The van der Waals surface area contributed by atoms with Gasteiger partial charge in [0.2, 0.25) is 0 Å². The van der Waals surface area contributed by atoms with Crippen LogP contribution < -0.4 is 0 Å². The molecule has 8 heteroatoms. The molecule has 0 heterocycles. The third-order valence-corrected chi connectivity index (χ3v) is 9.20. The maximum absolute atomic E-state index is 13.2. The minimum absolute atomic E-state index is 0.115. The smallest absolute Gasteiger partial charge is 0.368 e. The summed E-state index contributed by atoms with van der Waals surface area (Å²) in [7, 11) is 5.88. The van der Waals surface area contributed by atoms with Crippen molar-refractivity contribution in [2.24, 2.45) is 0 Å². The van der Waals surface area contributed by atoms with E-state index in [9.17, 15) is 15.0 Å². The van der Waals surface area contributed by atoms with Crippen LogP contribution in [0.3, 0.4) is 0 Å². The third-order valence-electron chi connectivity index (χ3n) is 8.68. The summed E-state index contributed by atoms with van der Waals surface area (Å²) in [5.41, 5.74) is 0. The summed E-state index contributed by atoms with van der Waals surface area (Å²) in [4.78, 5) is 13.2. The van der Waals surface area contributed by atoms with Gasteiger partial charge in [-0.15, -0.1) is 0 Å². The number of quaternary nitrogens is 2. The normalized spacial score (nSPS) is 14.8. The van der Waals surface area contributed by atoms with Crippen molar-refractivity contribution in [2.45, 2.75) is 181 Å². The minimum Gasteiger partial charge on any atom is -0.368 e. The average molecular weight is 665 g/mol. The number of nitrogens with zero attached hydrogens (tertiary/aromatic N) is 2. The Labute approximate surface area is 284 Å². The molecule has 7 nitrogen and oxygen atoms in total. The van der Waals surface area contributed by atoms with E-state index in [1.165, 1.54) is 116 Å². The largest absolute Gasteiger partial charge is 0.386 e. The van der Waals surface area contributed by atoms with Crippen LogP contribution in [-0.2, 0) is 14.3 Å². The molecule has 0 aromatic heterocycles. The van der Waals surface area contributed by atoms with Gasteiger partial charge in [0.1, 0.15) is 26.3 Å². The second kappa shape index (κ2) is 29.8. The van der Waals surface area contributed by atoms with Gasteiger partial charge in [-0.25, -0.2) is 4.79 Å². The third kappa shape index (κ3) is 29.6. The summed E-state index contributed by atoms with van der Waals surface area (Å²) in [6.07, 6.45) is 27.3. The van der Waals surface area contributed by atoms with Crippen LogP contribution in [0.4, 0.5) is 0 Å². The van der Waals surface area contributed by atoms with Crippen LogP contribution in [0.25, 0.3) is 0 Å². The molecule has 0 fully saturated rings. The molecule has 0 aromatic rings. The fourth-order valence-electron chi connectivity index (χ4n) is 5.69. The maximum atomic E-state index is 13.2. The number of carbonyl (C=O) groups is 1. The molecule has 0 aromatic carbocycles. The molecule has 0 saturated carbocycles. The number of halogens is 1. The summed E-state index contributed by atoms with van der Waals surface area (Å²) < 4.78 is 11.4. The Balaban J connectivity index is 4.21. The van der Waals surface area contributed by atoms with E-state index in [1.54, 1.807) is 0 Å². The molecule has 270 valence electrons. The Bertz CT molecular complexity index is 623. The summed E-state index contributed by atoms with van der Waals surface area (Å²) in [5, 5.41) is 20.7. The van der Waals surface area contributed by atoms with E-state index in [4.69, 9.17) is 21.3 Å². The van der Waals surface area contributed by atoms with Crippen LogP contribution in [0.15, 0.2) is 0 Å². The summed E-state index contributed by atoms with van der Waals surface area (Å²) in [6.45, 7) is 5.64. The van der Waals surface area contributed by atoms with Crippen molar-refractivity contribution in [1.29, 1.82) is 0 Å². The van der Waals surface area contributed by atoms with E-state index >= 15 is 0 Å². The van der Waals surface area contributed by atoms with Gasteiger partial charge in [0.15, 0.2) is 30.9 Å². The van der Waals surface area contributed by atoms with E-state index in [0.29, 0.717) is 17.3 Å². The Morgan fingerprint density at radius 3 is 1.13 bits per heavy atom. The van der Waals surface area contributed by atoms with Crippen LogP contribution >= 0.6 is 11.8 Å². The van der Waals surface area contributed by atoms with Crippen molar-refractivity contribution in [1.82, 2.24) is 0 Å². The lowest BCUT2D eigenvalue weighted by Gasteiger charge is -2.30. The SMILES string of the molecule is CCCCCCCCCCCCCC(O)OCC[N+](Cl)(CCOC(O)CCCCCCCCCCCCC)C(=O)C[N+](C)(C)C. The van der Waals surface area contributed by atoms with Gasteiger partial charge in [0.25, 0.3) is 0 Å². The number of amides is 1. The first kappa shape index (κ1) is 44.7. The topological polar surface area (TPSA) is 76.0 Å². The number of ether oxygens (including phenoxy) is 2. The number of carbonyl (C=O) groups excluding carboxylic acids is 1. The van der Waals surface area contributed by atoms with E-state index in [1.807, 2.05) is 21.1 Å². The lowest BCUT2D eigenvalue weighted by atomic mass is 10.1. The maximum Gasteiger partial charge on any atom is 0.386 e. The fraction of sp³-hybridized carbons (Fsp3) is 0.973. The second-order valence-electron chi connectivity index (χ2n) is 14.5. The molecule has 0 aliphatic rings. The van der Waals surface area contributed by atoms with Gasteiger partial charge in [-0.05, 0) is 25.7 Å². The molecule has 0 aliphatic heterocycles. The first-order valence-electron chi connectivity index (χ1n) is 19.0. The number of unbranched alkanes of at least 4 members (excludes halogenated alkanes) is 20. The Morgan fingerprint density at radius 2 is 0.844 bits per heavy atom. The number of aliphatic hydroxyl groups is 2. The predicted molar refractivity (Wildman–Crippen MR) is 190 cm³/mol. The van der Waals surface area contributed by atoms with Crippen molar-refractivity contribution >= 4 is 17.7 Å². The van der Waals surface area contributed by atoms with E-state index < -0.39 is 12.6 Å². The number of hydrogen-bond acceptors (Lipinski definition) is 5. The number of hydrogen-bond donors (Lipinski definition) is 2. The molecule has 2 atom stereocenters. The molecule has 0 spiro atoms. The Kier molecular flexibility index (Phi) is 29.6. The number of aliphatic hydroxyl groups excluding tert-OH is 2. The second-order valence-corrected chi connectivity index (χ2v) is 15.1. The van der Waals surface area contributed by atoms with Gasteiger partial charge in [0.05, 0.1) is 21.1 Å². The van der Waals surface area contributed by atoms with Crippen molar-refractivity contribution in [2.75, 3.05) is 54.0 Å². The Morgan fingerprint density at radius 1 is 0.556 bits per heavy atom. The molecule has 0 bridgehead atoms. The van der Waals surface area contributed by atoms with Crippen LogP contribution in [-0.4, -0.2) is 91.2 Å². The monoisotopic (exact) mass is 665 g/mol. The zero-order valence-electron chi connectivity index (χ0n) is 30.6. The van der Waals surface area contributed by atoms with Gasteiger partial charge >= 0.3 is 5.91 Å². The van der Waals surface area contributed by atoms with Crippen molar-refractivity contribution < 1.29 is 33.0 Å². The highest BCUT2D eigenvalue weighted by atomic mass is 35.5. The van der Waals surface area contributed by atoms with E-state index in [2.05, 4.69) is 13.8 Å². The predicted octanol–water partition coefficient (Wildman–Crippen LogP) is 9.26. The summed E-state index contributed by atoms with van der Waals surface area (Å²) in [6, 6.07) is 0. The van der Waals surface area contributed by atoms with Crippen molar-refractivity contribution in [3.63, 3.8) is 0 Å². The van der Waals surface area contributed by atoms with Gasteiger partial charge in [0, 0.05) is 0 Å². The highest BCUT2D eigenvalue weighted by Crippen LogP contribution is 2.18. The molecule has 0 saturated heterocycles. The fourth-order valence-corrected chi connectivity index (χ4v) is 5.89. The van der Waals surface area contributed by atoms with Crippen LogP contribution in [0.5, 0.6) is 0 Å². The molecular formula is C37H77ClN2O5+2. The summed E-state index contributed by atoms with van der Waals surface area (Å²) >= 11 is 6.86. The standard InChI is InChI=1S/C37H77ClN2O5/c1-6-8-10-12-14-16-18-20-22-24-26-28-36(42)44-32-30-40(38,35(41)34-39(3,4)5)31-33-45-37(43)29-27-25-23-21-19-17-15-13-11-9-7-2/h36-37,42-43H,6-34H2,1-5H3/q+2. The van der Waals surface area contributed by atoms with Crippen LogP contribution in [0, 0.1) is 0 Å². The van der Waals surface area contributed by atoms with Gasteiger partial charge < -0.3 is 24.2 Å². The first-order valence-corrected chi connectivity index (χ1v) is 19.4. The lowest BCUT2D eigenvalue weighted by Crippen LogP contribution is -2.55. The number of likely N-dealkylation sites (N-methyl/N-ethyl adjacent to an activating group) is 1. The molecule has 2 N–H and O–H groups in total. The Hall–Kier alpha value is -0.280. The zero-order chi connectivity index (χ0) is 33.7. The molecule has 2 unspecified atom stereocenters. The molecule has 0 rings (SSSR count). The van der Waals surface area contributed by atoms with E-state index in [-0.39, 0.29) is 42.8 Å². The number of rotatable bonds is 34. The summed E-state index contributed by atoms with van der Waals surface area (Å²) in [5.74, 6) is -0.115. The minimum atomic E-state index is -0.842.